The predicted molar refractivity (Wildman–Crippen MR) is 164 cm³/mol. The van der Waals surface area contributed by atoms with E-state index >= 15 is 0 Å². The van der Waals surface area contributed by atoms with Gasteiger partial charge < -0.3 is 4.55 Å². The van der Waals surface area contributed by atoms with Crippen molar-refractivity contribution in [2.24, 2.45) is 5.92 Å². The molecule has 0 N–H and O–H groups in total. The van der Waals surface area contributed by atoms with Gasteiger partial charge in [0, 0.05) is 5.92 Å². The van der Waals surface area contributed by atoms with Gasteiger partial charge in [0.25, 0.3) is 0 Å². The first-order valence-electron chi connectivity index (χ1n) is 16.8. The molecular weight excluding hydrogens is 532 g/mol. The Morgan fingerprint density at radius 2 is 0.897 bits per heavy atom. The average Bonchev–Trinajstić information content (AvgIpc) is 2.89. The molecule has 0 spiro atoms. The van der Waals surface area contributed by atoms with Crippen LogP contribution in [0.25, 0.3) is 0 Å². The molecule has 228 valence electrons. The second-order valence-electron chi connectivity index (χ2n) is 11.6. The van der Waals surface area contributed by atoms with Gasteiger partial charge in [-0.25, -0.2) is 8.42 Å². The monoisotopic (exact) mass is 596 g/mol. The van der Waals surface area contributed by atoms with Crippen molar-refractivity contribution in [3.63, 3.8) is 0 Å². The SMILES string of the molecule is CCCCCCCCC/C=C/C(CCCCCCCCCCCCCCCCCCCC)COS(=O)(=O)[O-].[K+]. The van der Waals surface area contributed by atoms with E-state index in [1.807, 2.05) is 0 Å². The van der Waals surface area contributed by atoms with E-state index in [0.717, 1.165) is 19.3 Å². The fraction of sp³-hybridized carbons (Fsp3) is 0.939. The Labute approximate surface area is 288 Å². The van der Waals surface area contributed by atoms with E-state index < -0.39 is 10.4 Å². The molecule has 0 bridgehead atoms. The maximum absolute atomic E-state index is 10.9. The molecule has 0 saturated heterocycles. The van der Waals surface area contributed by atoms with Crippen molar-refractivity contribution in [1.29, 1.82) is 0 Å². The summed E-state index contributed by atoms with van der Waals surface area (Å²) in [4.78, 5) is 0. The first kappa shape index (κ1) is 42.4. The van der Waals surface area contributed by atoms with Gasteiger partial charge >= 0.3 is 51.4 Å². The van der Waals surface area contributed by atoms with Crippen molar-refractivity contribution in [1.82, 2.24) is 0 Å². The molecule has 6 heteroatoms. The number of allylic oxidation sites excluding steroid dienone is 1. The van der Waals surface area contributed by atoms with Gasteiger partial charge in [0.2, 0.25) is 10.4 Å². The maximum atomic E-state index is 10.9. The van der Waals surface area contributed by atoms with Gasteiger partial charge in [-0.15, -0.1) is 0 Å². The second-order valence-corrected chi connectivity index (χ2v) is 12.6. The fourth-order valence-electron chi connectivity index (χ4n) is 5.22. The van der Waals surface area contributed by atoms with Gasteiger partial charge in [0.15, 0.2) is 0 Å². The van der Waals surface area contributed by atoms with Gasteiger partial charge in [-0.3, -0.25) is 4.18 Å². The Morgan fingerprint density at radius 1 is 0.564 bits per heavy atom. The molecule has 0 aromatic heterocycles. The average molecular weight is 597 g/mol. The van der Waals surface area contributed by atoms with Crippen LogP contribution in [0.2, 0.25) is 0 Å². The van der Waals surface area contributed by atoms with Crippen molar-refractivity contribution in [3.8, 4) is 0 Å². The molecule has 1 atom stereocenters. The molecular formula is C33H65KO4S. The minimum absolute atomic E-state index is 0. The third-order valence-electron chi connectivity index (χ3n) is 7.74. The zero-order valence-electron chi connectivity index (χ0n) is 26.6. The van der Waals surface area contributed by atoms with E-state index in [1.54, 1.807) is 0 Å². The van der Waals surface area contributed by atoms with Crippen LogP contribution in [0.1, 0.15) is 187 Å². The van der Waals surface area contributed by atoms with Crippen molar-refractivity contribution in [2.75, 3.05) is 6.61 Å². The molecule has 1 unspecified atom stereocenters. The molecule has 0 fully saturated rings. The molecule has 39 heavy (non-hydrogen) atoms. The first-order valence-corrected chi connectivity index (χ1v) is 18.1. The van der Waals surface area contributed by atoms with E-state index in [-0.39, 0.29) is 63.9 Å². The third-order valence-corrected chi connectivity index (χ3v) is 8.16. The zero-order chi connectivity index (χ0) is 28.0. The second kappa shape index (κ2) is 33.7. The van der Waals surface area contributed by atoms with Crippen molar-refractivity contribution in [3.05, 3.63) is 12.2 Å². The van der Waals surface area contributed by atoms with E-state index in [4.69, 9.17) is 0 Å². The summed E-state index contributed by atoms with van der Waals surface area (Å²) in [7, 11) is -4.62. The number of hydrogen-bond donors (Lipinski definition) is 0. The van der Waals surface area contributed by atoms with Gasteiger partial charge in [-0.2, -0.15) is 0 Å². The Morgan fingerprint density at radius 3 is 1.26 bits per heavy atom. The first-order chi connectivity index (χ1) is 18.5. The van der Waals surface area contributed by atoms with Gasteiger partial charge in [-0.05, 0) is 19.3 Å². The molecule has 4 nitrogen and oxygen atoms in total. The van der Waals surface area contributed by atoms with E-state index in [1.165, 1.54) is 154 Å². The van der Waals surface area contributed by atoms with Crippen LogP contribution in [0.4, 0.5) is 0 Å². The maximum Gasteiger partial charge on any atom is 1.00 e. The number of rotatable bonds is 31. The molecule has 0 heterocycles. The van der Waals surface area contributed by atoms with Crippen molar-refractivity contribution in [2.45, 2.75) is 187 Å². The van der Waals surface area contributed by atoms with E-state index in [2.05, 4.69) is 30.2 Å². The molecule has 0 amide bonds. The van der Waals surface area contributed by atoms with Gasteiger partial charge in [0.05, 0.1) is 6.61 Å². The molecule has 0 radical (unpaired) electrons. The largest absolute Gasteiger partial charge is 1.00 e. The van der Waals surface area contributed by atoms with Crippen LogP contribution in [0.3, 0.4) is 0 Å². The van der Waals surface area contributed by atoms with Crippen LogP contribution in [0.5, 0.6) is 0 Å². The molecule has 0 saturated carbocycles. The van der Waals surface area contributed by atoms with Crippen LogP contribution in [-0.4, -0.2) is 19.6 Å². The summed E-state index contributed by atoms with van der Waals surface area (Å²) in [6.07, 6.45) is 39.6. The Bertz CT molecular complexity index is 595. The molecule has 0 aliphatic carbocycles. The minimum Gasteiger partial charge on any atom is -0.726 e. The molecule has 0 rings (SSSR count). The summed E-state index contributed by atoms with van der Waals surface area (Å²) in [5, 5.41) is 0. The Balaban J connectivity index is 0. The normalized spacial score (nSPS) is 12.7. The summed E-state index contributed by atoms with van der Waals surface area (Å²) >= 11 is 0. The molecule has 0 aliphatic heterocycles. The van der Waals surface area contributed by atoms with E-state index in [9.17, 15) is 13.0 Å². The van der Waals surface area contributed by atoms with Crippen molar-refractivity contribution >= 4 is 10.4 Å². The molecule has 0 aromatic carbocycles. The summed E-state index contributed by atoms with van der Waals surface area (Å²) in [5.74, 6) is 0.0179. The topological polar surface area (TPSA) is 66.4 Å². The summed E-state index contributed by atoms with van der Waals surface area (Å²) in [6, 6.07) is 0. The van der Waals surface area contributed by atoms with Crippen LogP contribution in [0, 0.1) is 5.92 Å². The molecule has 0 aromatic rings. The van der Waals surface area contributed by atoms with Gasteiger partial charge in [-0.1, -0.05) is 180 Å². The fourth-order valence-corrected chi connectivity index (χ4v) is 5.56. The molecule has 0 aliphatic rings. The summed E-state index contributed by atoms with van der Waals surface area (Å²) < 4.78 is 37.3. The van der Waals surface area contributed by atoms with Gasteiger partial charge in [0.1, 0.15) is 0 Å². The van der Waals surface area contributed by atoms with Crippen LogP contribution < -0.4 is 51.4 Å². The zero-order valence-corrected chi connectivity index (χ0v) is 30.5. The van der Waals surface area contributed by atoms with Crippen molar-refractivity contribution < 1.29 is 68.5 Å². The summed E-state index contributed by atoms with van der Waals surface area (Å²) in [5.41, 5.74) is 0. The van der Waals surface area contributed by atoms with E-state index in [0.29, 0.717) is 0 Å². The Hall–Kier alpha value is 1.25. The van der Waals surface area contributed by atoms with Crippen LogP contribution >= 0.6 is 0 Å². The predicted octanol–water partition coefficient (Wildman–Crippen LogP) is 8.21. The third kappa shape index (κ3) is 37.2. The minimum atomic E-state index is -4.62. The van der Waals surface area contributed by atoms with Crippen LogP contribution in [-0.2, 0) is 14.6 Å². The van der Waals surface area contributed by atoms with Crippen LogP contribution in [0.15, 0.2) is 12.2 Å². The Kier molecular flexibility index (Phi) is 36.7. The standard InChI is InChI=1S/C33H66O4S.K/c1-3-5-7-9-11-13-14-15-16-17-18-19-20-21-23-25-27-29-31-33(32-37-38(34,35)36)30-28-26-24-22-12-10-8-6-4-2;/h28,30,33H,3-27,29,31-32H2,1-2H3,(H,34,35,36);/q;+1/p-1/b30-28+;. The number of hydrogen-bond acceptors (Lipinski definition) is 4. The quantitative estimate of drug-likeness (QED) is 0.0266. The summed E-state index contributed by atoms with van der Waals surface area (Å²) in [6.45, 7) is 4.51. The smallest absolute Gasteiger partial charge is 0.726 e. The number of unbranched alkanes of at least 4 members (excludes halogenated alkanes) is 24.